The zero-order valence-corrected chi connectivity index (χ0v) is 21.4. The van der Waals surface area contributed by atoms with Crippen molar-refractivity contribution < 1.29 is 19.1 Å². The van der Waals surface area contributed by atoms with E-state index in [1.807, 2.05) is 97.1 Å². The Bertz CT molecular complexity index is 1470. The number of ether oxygens (including phenoxy) is 1. The zero-order valence-electron chi connectivity index (χ0n) is 20.6. The minimum atomic E-state index is -0.394. The summed E-state index contributed by atoms with van der Waals surface area (Å²) in [5.41, 5.74) is 4.27. The van der Waals surface area contributed by atoms with Crippen LogP contribution in [0.2, 0.25) is 0 Å². The number of carbonyl (C=O) groups excluding carboxylic acids is 3. The zero-order chi connectivity index (χ0) is 26.5. The van der Waals surface area contributed by atoms with Crippen LogP contribution < -0.4 is 20.3 Å². The first kappa shape index (κ1) is 25.1. The number of imide groups is 1. The van der Waals surface area contributed by atoms with Crippen molar-refractivity contribution in [3.05, 3.63) is 109 Å². The number of anilines is 2. The summed E-state index contributed by atoms with van der Waals surface area (Å²) in [6.45, 7) is 0. The summed E-state index contributed by atoms with van der Waals surface area (Å²) in [4.78, 5) is 37.8. The lowest BCUT2D eigenvalue weighted by Crippen LogP contribution is -2.31. The van der Waals surface area contributed by atoms with Crippen molar-refractivity contribution in [3.8, 4) is 22.6 Å². The van der Waals surface area contributed by atoms with Crippen molar-refractivity contribution in [3.63, 3.8) is 0 Å². The van der Waals surface area contributed by atoms with Gasteiger partial charge >= 0.3 is 6.03 Å². The molecule has 7 nitrogen and oxygen atoms in total. The smallest absolute Gasteiger partial charge is 0.326 e. The summed E-state index contributed by atoms with van der Waals surface area (Å²) < 4.78 is 5.86. The monoisotopic (exact) mass is 523 g/mol. The fraction of sp³-hybridized carbons (Fsp3) is 0.100. The van der Waals surface area contributed by atoms with E-state index in [0.29, 0.717) is 17.9 Å². The average molecular weight is 524 g/mol. The maximum atomic E-state index is 13.0. The topological polar surface area (TPSA) is 87.7 Å². The van der Waals surface area contributed by atoms with Gasteiger partial charge in [-0.2, -0.15) is 0 Å². The van der Waals surface area contributed by atoms with Crippen LogP contribution in [-0.4, -0.2) is 29.5 Å². The molecule has 0 aliphatic carbocycles. The molecule has 1 fully saturated rings. The molecule has 0 saturated carbocycles. The lowest BCUT2D eigenvalue weighted by atomic mass is 10.0. The van der Waals surface area contributed by atoms with Crippen LogP contribution in [0, 0.1) is 0 Å². The van der Waals surface area contributed by atoms with Crippen LogP contribution in [0.4, 0.5) is 21.0 Å². The number of carbonyl (C=O) groups is 3. The van der Waals surface area contributed by atoms with Gasteiger partial charge in [0.25, 0.3) is 5.24 Å². The van der Waals surface area contributed by atoms with Crippen molar-refractivity contribution in [1.29, 1.82) is 0 Å². The number of para-hydroxylation sites is 1. The molecule has 0 aromatic heterocycles. The summed E-state index contributed by atoms with van der Waals surface area (Å²) in [6, 6.07) is 32.0. The number of benzene rings is 4. The molecule has 1 heterocycles. The molecule has 0 spiro atoms. The Balaban J connectivity index is 1.24. The number of thioether (sulfide) groups is 1. The molecule has 8 heteroatoms. The Morgan fingerprint density at radius 2 is 1.61 bits per heavy atom. The highest BCUT2D eigenvalue weighted by atomic mass is 32.2. The number of nitrogens with zero attached hydrogens (tertiary/aromatic N) is 1. The fourth-order valence-corrected chi connectivity index (χ4v) is 4.92. The van der Waals surface area contributed by atoms with Crippen LogP contribution in [0.1, 0.15) is 5.56 Å². The number of urea groups is 1. The average Bonchev–Trinajstić information content (AvgIpc) is 3.25. The van der Waals surface area contributed by atoms with Gasteiger partial charge in [0.1, 0.15) is 11.5 Å². The maximum absolute atomic E-state index is 13.0. The Morgan fingerprint density at radius 3 is 2.34 bits per heavy atom. The molecular weight excluding hydrogens is 498 g/mol. The van der Waals surface area contributed by atoms with Crippen molar-refractivity contribution in [2.75, 3.05) is 17.3 Å². The number of amides is 4. The number of hydrogen-bond acceptors (Lipinski definition) is 5. The third-order valence-corrected chi connectivity index (χ3v) is 7.06. The molecule has 2 N–H and O–H groups in total. The highest BCUT2D eigenvalue weighted by Gasteiger charge is 2.31. The van der Waals surface area contributed by atoms with Crippen molar-refractivity contribution >= 4 is 40.3 Å². The van der Waals surface area contributed by atoms with Gasteiger partial charge in [-0.15, -0.1) is 0 Å². The van der Waals surface area contributed by atoms with Gasteiger partial charge in [0.15, 0.2) is 0 Å². The molecule has 0 radical (unpaired) electrons. The van der Waals surface area contributed by atoms with Gasteiger partial charge in [-0.25, -0.2) is 4.79 Å². The Kier molecular flexibility index (Phi) is 7.42. The Hall–Kier alpha value is -4.56. The number of hydrogen-bond donors (Lipinski definition) is 2. The third kappa shape index (κ3) is 6.04. The van der Waals surface area contributed by atoms with Gasteiger partial charge in [-0.05, 0) is 59.5 Å². The molecule has 5 rings (SSSR count). The van der Waals surface area contributed by atoms with Crippen LogP contribution in [-0.2, 0) is 11.2 Å². The molecule has 4 aromatic carbocycles. The number of nitrogens with one attached hydrogen (secondary N) is 2. The molecule has 38 heavy (non-hydrogen) atoms. The largest absolute Gasteiger partial charge is 0.457 e. The second-order valence-corrected chi connectivity index (χ2v) is 9.94. The molecular formula is C30H25N3O4S. The summed E-state index contributed by atoms with van der Waals surface area (Å²) in [6.07, 6.45) is 0.489. The molecule has 4 aromatic rings. The molecule has 1 unspecified atom stereocenters. The minimum absolute atomic E-state index is 0.242. The third-order valence-electron chi connectivity index (χ3n) is 6.08. The normalized spacial score (nSPS) is 14.6. The first-order chi connectivity index (χ1) is 18.4. The van der Waals surface area contributed by atoms with E-state index in [4.69, 9.17) is 4.74 Å². The predicted molar refractivity (Wildman–Crippen MR) is 151 cm³/mol. The summed E-state index contributed by atoms with van der Waals surface area (Å²) in [5, 5.41) is 4.55. The van der Waals surface area contributed by atoms with Gasteiger partial charge in [0.05, 0.1) is 5.25 Å². The molecule has 1 saturated heterocycles. The first-order valence-electron chi connectivity index (χ1n) is 12.0. The van der Waals surface area contributed by atoms with Crippen molar-refractivity contribution in [2.24, 2.45) is 0 Å². The fourth-order valence-electron chi connectivity index (χ4n) is 4.06. The summed E-state index contributed by atoms with van der Waals surface area (Å²) >= 11 is 1.03. The van der Waals surface area contributed by atoms with E-state index in [0.717, 1.165) is 39.9 Å². The standard InChI is InChI=1S/C30H25N3O4S/c1-33(29(35)31-23-8-6-12-26(19-23)37-25-10-3-2-4-11-25)24-9-5-7-22(18-24)21-15-13-20(14-16-21)17-27-28(34)32-30(36)38-27/h2-16,18-19,27H,17H2,1H3,(H,31,35)(H,32,34,36). The minimum Gasteiger partial charge on any atom is -0.457 e. The van der Waals surface area contributed by atoms with E-state index in [1.165, 1.54) is 0 Å². The van der Waals surface area contributed by atoms with Gasteiger partial charge in [-0.1, -0.05) is 72.4 Å². The maximum Gasteiger partial charge on any atom is 0.326 e. The molecule has 4 amide bonds. The predicted octanol–water partition coefficient (Wildman–Crippen LogP) is 6.71. The highest BCUT2D eigenvalue weighted by molar-refractivity contribution is 8.15. The van der Waals surface area contributed by atoms with Crippen LogP contribution in [0.15, 0.2) is 103 Å². The van der Waals surface area contributed by atoms with Crippen LogP contribution >= 0.6 is 11.8 Å². The van der Waals surface area contributed by atoms with E-state index in [2.05, 4.69) is 10.6 Å². The Morgan fingerprint density at radius 1 is 0.868 bits per heavy atom. The lowest BCUT2D eigenvalue weighted by Gasteiger charge is -2.19. The van der Waals surface area contributed by atoms with Crippen LogP contribution in [0.25, 0.3) is 11.1 Å². The van der Waals surface area contributed by atoms with Crippen molar-refractivity contribution in [1.82, 2.24) is 5.32 Å². The van der Waals surface area contributed by atoms with Crippen molar-refractivity contribution in [2.45, 2.75) is 11.7 Å². The van der Waals surface area contributed by atoms with Crippen LogP contribution in [0.5, 0.6) is 11.5 Å². The van der Waals surface area contributed by atoms with Crippen LogP contribution in [0.3, 0.4) is 0 Å². The first-order valence-corrected chi connectivity index (χ1v) is 12.9. The van der Waals surface area contributed by atoms with E-state index < -0.39 is 5.25 Å². The molecule has 0 bridgehead atoms. The highest BCUT2D eigenvalue weighted by Crippen LogP contribution is 2.28. The van der Waals surface area contributed by atoms with E-state index in [1.54, 1.807) is 18.0 Å². The van der Waals surface area contributed by atoms with Gasteiger partial charge < -0.3 is 10.1 Å². The quantitative estimate of drug-likeness (QED) is 0.281. The molecule has 1 aliphatic heterocycles. The summed E-state index contributed by atoms with van der Waals surface area (Å²) in [7, 11) is 1.72. The Labute approximate surface area is 224 Å². The second-order valence-electron chi connectivity index (χ2n) is 8.77. The van der Waals surface area contributed by atoms with E-state index >= 15 is 0 Å². The molecule has 1 aliphatic rings. The molecule has 1 atom stereocenters. The SMILES string of the molecule is CN(C(=O)Nc1cccc(Oc2ccccc2)c1)c1cccc(-c2ccc(CC3SC(=O)NC3=O)cc2)c1. The van der Waals surface area contributed by atoms with Gasteiger partial charge in [0.2, 0.25) is 5.91 Å². The van der Waals surface area contributed by atoms with Gasteiger partial charge in [0, 0.05) is 24.5 Å². The lowest BCUT2D eigenvalue weighted by molar-refractivity contribution is -0.118. The number of rotatable bonds is 7. The molecule has 190 valence electrons. The summed E-state index contributed by atoms with van der Waals surface area (Å²) in [5.74, 6) is 1.10. The second kappa shape index (κ2) is 11.2. The van der Waals surface area contributed by atoms with E-state index in [-0.39, 0.29) is 17.2 Å². The van der Waals surface area contributed by atoms with Gasteiger partial charge in [-0.3, -0.25) is 19.8 Å². The van der Waals surface area contributed by atoms with E-state index in [9.17, 15) is 14.4 Å².